The van der Waals surface area contributed by atoms with Gasteiger partial charge in [0.05, 0.1) is 7.11 Å². The first kappa shape index (κ1) is 9.53. The molecule has 1 unspecified atom stereocenters. The van der Waals surface area contributed by atoms with Crippen molar-refractivity contribution in [3.63, 3.8) is 0 Å². The van der Waals surface area contributed by atoms with E-state index in [4.69, 9.17) is 10.5 Å². The lowest BCUT2D eigenvalue weighted by Gasteiger charge is -2.11. The third-order valence-electron chi connectivity index (χ3n) is 2.83. The molecule has 0 aromatic heterocycles. The Morgan fingerprint density at radius 3 is 2.50 bits per heavy atom. The molecule has 2 nitrogen and oxygen atoms in total. The minimum Gasteiger partial charge on any atom is -0.497 e. The Balaban J connectivity index is 1.99. The number of benzene rings is 1. The summed E-state index contributed by atoms with van der Waals surface area (Å²) in [7, 11) is 1.68. The molecular formula is C12H17NO. The smallest absolute Gasteiger partial charge is 0.118 e. The van der Waals surface area contributed by atoms with Crippen LogP contribution in [-0.2, 0) is 0 Å². The lowest BCUT2D eigenvalue weighted by molar-refractivity contribution is 0.414. The van der Waals surface area contributed by atoms with Gasteiger partial charge in [0.1, 0.15) is 5.75 Å². The highest BCUT2D eigenvalue weighted by Gasteiger charge is 2.24. The Morgan fingerprint density at radius 2 is 2.00 bits per heavy atom. The van der Waals surface area contributed by atoms with Crippen LogP contribution in [0.4, 0.5) is 0 Å². The molecule has 2 N–H and O–H groups in total. The van der Waals surface area contributed by atoms with Crippen molar-refractivity contribution in [1.82, 2.24) is 0 Å². The third-order valence-corrected chi connectivity index (χ3v) is 2.83. The van der Waals surface area contributed by atoms with E-state index in [9.17, 15) is 0 Å². The summed E-state index contributed by atoms with van der Waals surface area (Å²) in [5.74, 6) is 1.78. The van der Waals surface area contributed by atoms with Crippen LogP contribution >= 0.6 is 0 Å². The molecule has 1 atom stereocenters. The van der Waals surface area contributed by atoms with Crippen molar-refractivity contribution >= 4 is 0 Å². The van der Waals surface area contributed by atoms with Crippen LogP contribution in [0, 0.1) is 5.92 Å². The van der Waals surface area contributed by atoms with E-state index >= 15 is 0 Å². The molecule has 1 aromatic rings. The summed E-state index contributed by atoms with van der Waals surface area (Å²) in [4.78, 5) is 0. The fourth-order valence-corrected chi connectivity index (χ4v) is 1.70. The molecular weight excluding hydrogens is 174 g/mol. The third kappa shape index (κ3) is 2.26. The maximum atomic E-state index is 6.09. The topological polar surface area (TPSA) is 35.2 Å². The maximum absolute atomic E-state index is 6.09. The van der Waals surface area contributed by atoms with Gasteiger partial charge in [0.25, 0.3) is 0 Å². The Bertz CT molecular complexity index is 290. The van der Waals surface area contributed by atoms with E-state index < -0.39 is 0 Å². The van der Waals surface area contributed by atoms with Gasteiger partial charge in [-0.1, -0.05) is 25.0 Å². The van der Waals surface area contributed by atoms with Crippen molar-refractivity contribution in [2.24, 2.45) is 11.7 Å². The number of hydrogen-bond donors (Lipinski definition) is 1. The van der Waals surface area contributed by atoms with Crippen molar-refractivity contribution in [3.05, 3.63) is 29.8 Å². The molecule has 0 aliphatic heterocycles. The molecule has 0 radical (unpaired) electrons. The molecule has 2 heteroatoms. The van der Waals surface area contributed by atoms with Crippen molar-refractivity contribution in [1.29, 1.82) is 0 Å². The van der Waals surface area contributed by atoms with Crippen molar-refractivity contribution in [2.75, 3.05) is 7.11 Å². The van der Waals surface area contributed by atoms with Crippen LogP contribution in [0.25, 0.3) is 0 Å². The van der Waals surface area contributed by atoms with Crippen LogP contribution in [0.5, 0.6) is 5.75 Å². The molecule has 1 aromatic carbocycles. The Kier molecular flexibility index (Phi) is 2.73. The van der Waals surface area contributed by atoms with Gasteiger partial charge in [-0.2, -0.15) is 0 Å². The predicted octanol–water partition coefficient (Wildman–Crippen LogP) is 2.50. The van der Waals surface area contributed by atoms with Gasteiger partial charge in [0, 0.05) is 6.04 Å². The van der Waals surface area contributed by atoms with Crippen LogP contribution in [-0.4, -0.2) is 7.11 Å². The lowest BCUT2D eigenvalue weighted by atomic mass is 10.0. The minimum absolute atomic E-state index is 0.202. The van der Waals surface area contributed by atoms with E-state index in [0.29, 0.717) is 0 Å². The van der Waals surface area contributed by atoms with E-state index in [1.807, 2.05) is 12.1 Å². The molecule has 0 heterocycles. The summed E-state index contributed by atoms with van der Waals surface area (Å²) in [6, 6.07) is 8.27. The number of nitrogens with two attached hydrogens (primary N) is 1. The summed E-state index contributed by atoms with van der Waals surface area (Å²) in [5, 5.41) is 0. The first-order chi connectivity index (χ1) is 6.79. The summed E-state index contributed by atoms with van der Waals surface area (Å²) in [6.45, 7) is 0. The number of rotatable bonds is 4. The molecule has 1 saturated carbocycles. The normalized spacial score (nSPS) is 17.9. The zero-order valence-electron chi connectivity index (χ0n) is 8.57. The Hall–Kier alpha value is -1.02. The molecule has 76 valence electrons. The highest BCUT2D eigenvalue weighted by molar-refractivity contribution is 5.29. The fraction of sp³-hybridized carbons (Fsp3) is 0.500. The molecule has 1 aliphatic carbocycles. The van der Waals surface area contributed by atoms with E-state index in [0.717, 1.165) is 18.1 Å². The molecule has 0 amide bonds. The van der Waals surface area contributed by atoms with Gasteiger partial charge in [-0.25, -0.2) is 0 Å². The second-order valence-electron chi connectivity index (χ2n) is 4.06. The molecule has 14 heavy (non-hydrogen) atoms. The van der Waals surface area contributed by atoms with Gasteiger partial charge >= 0.3 is 0 Å². The van der Waals surface area contributed by atoms with Crippen molar-refractivity contribution in [2.45, 2.75) is 25.3 Å². The van der Waals surface area contributed by atoms with Gasteiger partial charge in [0.15, 0.2) is 0 Å². The van der Waals surface area contributed by atoms with Crippen LogP contribution < -0.4 is 10.5 Å². The van der Waals surface area contributed by atoms with E-state index in [1.165, 1.54) is 18.4 Å². The van der Waals surface area contributed by atoms with E-state index in [2.05, 4.69) is 12.1 Å². The zero-order chi connectivity index (χ0) is 9.97. The average molecular weight is 191 g/mol. The second-order valence-corrected chi connectivity index (χ2v) is 4.06. The molecule has 0 bridgehead atoms. The Labute approximate surface area is 85.1 Å². The van der Waals surface area contributed by atoms with E-state index in [-0.39, 0.29) is 6.04 Å². The first-order valence-corrected chi connectivity index (χ1v) is 5.19. The largest absolute Gasteiger partial charge is 0.497 e. The number of hydrogen-bond acceptors (Lipinski definition) is 2. The van der Waals surface area contributed by atoms with Gasteiger partial charge in [-0.15, -0.1) is 0 Å². The highest BCUT2D eigenvalue weighted by atomic mass is 16.5. The molecule has 1 aliphatic rings. The molecule has 2 rings (SSSR count). The second kappa shape index (κ2) is 4.01. The van der Waals surface area contributed by atoms with Crippen LogP contribution in [0.3, 0.4) is 0 Å². The highest BCUT2D eigenvalue weighted by Crippen LogP contribution is 2.36. The molecule has 0 saturated heterocycles. The zero-order valence-corrected chi connectivity index (χ0v) is 8.57. The van der Waals surface area contributed by atoms with Gasteiger partial charge < -0.3 is 10.5 Å². The Morgan fingerprint density at radius 1 is 1.36 bits per heavy atom. The lowest BCUT2D eigenvalue weighted by Crippen LogP contribution is -2.10. The van der Waals surface area contributed by atoms with E-state index in [1.54, 1.807) is 7.11 Å². The molecule has 0 spiro atoms. The van der Waals surface area contributed by atoms with Gasteiger partial charge in [0.2, 0.25) is 0 Å². The van der Waals surface area contributed by atoms with Crippen molar-refractivity contribution < 1.29 is 4.74 Å². The van der Waals surface area contributed by atoms with Gasteiger partial charge in [-0.05, 0) is 30.0 Å². The minimum atomic E-state index is 0.202. The first-order valence-electron chi connectivity index (χ1n) is 5.19. The SMILES string of the molecule is COc1ccc(C(N)CC2CC2)cc1. The molecule has 1 fully saturated rings. The van der Waals surface area contributed by atoms with Crippen LogP contribution in [0.15, 0.2) is 24.3 Å². The quantitative estimate of drug-likeness (QED) is 0.793. The standard InChI is InChI=1S/C12H17NO/c1-14-11-6-4-10(5-7-11)12(13)8-9-2-3-9/h4-7,9,12H,2-3,8,13H2,1H3. The summed E-state index contributed by atoms with van der Waals surface area (Å²) < 4.78 is 5.10. The number of ether oxygens (including phenoxy) is 1. The summed E-state index contributed by atoms with van der Waals surface area (Å²) in [6.07, 6.45) is 3.86. The van der Waals surface area contributed by atoms with Gasteiger partial charge in [-0.3, -0.25) is 0 Å². The van der Waals surface area contributed by atoms with Crippen LogP contribution in [0.1, 0.15) is 30.9 Å². The summed E-state index contributed by atoms with van der Waals surface area (Å²) >= 11 is 0. The maximum Gasteiger partial charge on any atom is 0.118 e. The average Bonchev–Trinajstić information content (AvgIpc) is 3.02. The predicted molar refractivity (Wildman–Crippen MR) is 57.3 cm³/mol. The summed E-state index contributed by atoms with van der Waals surface area (Å²) in [5.41, 5.74) is 7.31. The van der Waals surface area contributed by atoms with Crippen LogP contribution in [0.2, 0.25) is 0 Å². The number of methoxy groups -OCH3 is 1. The monoisotopic (exact) mass is 191 g/mol. The fourth-order valence-electron chi connectivity index (χ4n) is 1.70. The van der Waals surface area contributed by atoms with Crippen molar-refractivity contribution in [3.8, 4) is 5.75 Å².